The molecule has 0 aliphatic rings. The van der Waals surface area contributed by atoms with Gasteiger partial charge in [-0.25, -0.2) is 4.39 Å². The lowest BCUT2D eigenvalue weighted by molar-refractivity contribution is 0.238. The summed E-state index contributed by atoms with van der Waals surface area (Å²) < 4.78 is 24.6. The Morgan fingerprint density at radius 3 is 2.58 bits per heavy atom. The quantitative estimate of drug-likeness (QED) is 0.643. The summed E-state index contributed by atoms with van der Waals surface area (Å²) in [7, 11) is 0. The third-order valence-corrected chi connectivity index (χ3v) is 4.37. The van der Waals surface area contributed by atoms with E-state index in [-0.39, 0.29) is 25.1 Å². The van der Waals surface area contributed by atoms with Gasteiger partial charge in [-0.1, -0.05) is 30.7 Å². The lowest BCUT2D eigenvalue weighted by Crippen LogP contribution is -2.31. The zero-order chi connectivity index (χ0) is 18.9. The summed E-state index contributed by atoms with van der Waals surface area (Å²) >= 11 is 6.04. The van der Waals surface area contributed by atoms with Crippen LogP contribution >= 0.6 is 11.6 Å². The van der Waals surface area contributed by atoms with Crippen LogP contribution in [0.1, 0.15) is 31.4 Å². The van der Waals surface area contributed by atoms with Crippen molar-refractivity contribution in [1.82, 2.24) is 5.32 Å². The minimum atomic E-state index is -0.376. The number of halogens is 2. The molecular weight excluding hydrogens is 357 g/mol. The molecule has 0 saturated carbocycles. The number of nitrogens with one attached hydrogen (secondary N) is 1. The molecular formula is C20H25ClFNO3. The average Bonchev–Trinajstić information content (AvgIpc) is 2.63. The van der Waals surface area contributed by atoms with Crippen LogP contribution in [0.15, 0.2) is 36.4 Å². The highest BCUT2D eigenvalue weighted by atomic mass is 35.5. The van der Waals surface area contributed by atoms with E-state index in [9.17, 15) is 9.50 Å². The van der Waals surface area contributed by atoms with Crippen molar-refractivity contribution >= 4 is 11.6 Å². The topological polar surface area (TPSA) is 50.7 Å². The Bertz CT molecular complexity index is 707. The van der Waals surface area contributed by atoms with Gasteiger partial charge in [0.05, 0.1) is 18.2 Å². The highest BCUT2D eigenvalue weighted by molar-refractivity contribution is 6.31. The van der Waals surface area contributed by atoms with Crippen molar-refractivity contribution in [3.05, 3.63) is 58.4 Å². The lowest BCUT2D eigenvalue weighted by Gasteiger charge is -2.16. The first-order chi connectivity index (χ1) is 12.6. The van der Waals surface area contributed by atoms with E-state index in [2.05, 4.69) is 5.32 Å². The fourth-order valence-electron chi connectivity index (χ4n) is 2.44. The molecule has 1 atom stereocenters. The highest BCUT2D eigenvalue weighted by Crippen LogP contribution is 2.30. The molecule has 6 heteroatoms. The molecule has 142 valence electrons. The molecule has 0 aromatic heterocycles. The molecule has 0 fully saturated rings. The van der Waals surface area contributed by atoms with E-state index in [1.54, 1.807) is 6.07 Å². The van der Waals surface area contributed by atoms with Gasteiger partial charge >= 0.3 is 0 Å². The van der Waals surface area contributed by atoms with Crippen LogP contribution < -0.4 is 14.8 Å². The Morgan fingerprint density at radius 2 is 1.92 bits per heavy atom. The maximum Gasteiger partial charge on any atom is 0.161 e. The zero-order valence-electron chi connectivity index (χ0n) is 15.1. The number of rotatable bonds is 10. The molecule has 2 aromatic rings. The van der Waals surface area contributed by atoms with Gasteiger partial charge in [-0.3, -0.25) is 0 Å². The van der Waals surface area contributed by atoms with Gasteiger partial charge < -0.3 is 19.9 Å². The predicted octanol–water partition coefficient (Wildman–Crippen LogP) is 4.32. The van der Waals surface area contributed by atoms with Crippen LogP contribution in [0.5, 0.6) is 11.5 Å². The number of aliphatic hydroxyl groups is 1. The Morgan fingerprint density at radius 1 is 1.12 bits per heavy atom. The van der Waals surface area contributed by atoms with Gasteiger partial charge in [-0.15, -0.1) is 0 Å². The molecule has 0 aliphatic carbocycles. The first kappa shape index (κ1) is 20.5. The molecule has 26 heavy (non-hydrogen) atoms. The molecule has 2 aromatic carbocycles. The van der Waals surface area contributed by atoms with Gasteiger partial charge in [0, 0.05) is 18.2 Å². The molecule has 0 radical (unpaired) electrons. The summed E-state index contributed by atoms with van der Waals surface area (Å²) in [5.74, 6) is 0.867. The average molecular weight is 382 g/mol. The molecule has 0 unspecified atom stereocenters. The van der Waals surface area contributed by atoms with E-state index in [0.717, 1.165) is 12.0 Å². The number of hydrogen-bond donors (Lipinski definition) is 2. The van der Waals surface area contributed by atoms with E-state index in [4.69, 9.17) is 21.1 Å². The second kappa shape index (κ2) is 10.4. The molecule has 2 N–H and O–H groups in total. The van der Waals surface area contributed by atoms with E-state index >= 15 is 0 Å². The first-order valence-electron chi connectivity index (χ1n) is 8.74. The number of hydrogen-bond acceptors (Lipinski definition) is 4. The Labute approximate surface area is 158 Å². The molecule has 4 nitrogen and oxygen atoms in total. The number of aliphatic hydroxyl groups excluding tert-OH is 1. The molecule has 0 aliphatic heterocycles. The van der Waals surface area contributed by atoms with Crippen molar-refractivity contribution in [3.63, 3.8) is 0 Å². The summed E-state index contributed by atoms with van der Waals surface area (Å²) in [5, 5.41) is 12.9. The summed E-state index contributed by atoms with van der Waals surface area (Å²) in [6, 6.07) is 10.0. The Balaban J connectivity index is 2.07. The second-order valence-corrected chi connectivity index (χ2v) is 6.31. The smallest absolute Gasteiger partial charge is 0.161 e. The maximum absolute atomic E-state index is 13.1. The van der Waals surface area contributed by atoms with E-state index in [1.165, 1.54) is 12.1 Å². The number of ether oxygens (including phenoxy) is 2. The predicted molar refractivity (Wildman–Crippen MR) is 101 cm³/mol. The standard InChI is InChI=1S/C20H25ClFNO3/c1-3-17(12-24)23-11-14-5-8-19(20(9-14)25-4-2)26-13-15-6-7-16(22)10-18(15)21/h5-10,17,23-24H,3-4,11-13H2,1-2H3/t17-/m0/s1. The minimum Gasteiger partial charge on any atom is -0.490 e. The number of benzene rings is 2. The SMILES string of the molecule is CCOc1cc(CN[C@@H](CC)CO)ccc1OCc1ccc(F)cc1Cl. The van der Waals surface area contributed by atoms with Gasteiger partial charge in [0.2, 0.25) is 0 Å². The van der Waals surface area contributed by atoms with Crippen molar-refractivity contribution in [3.8, 4) is 11.5 Å². The van der Waals surface area contributed by atoms with Crippen molar-refractivity contribution in [2.45, 2.75) is 39.5 Å². The van der Waals surface area contributed by atoms with Crippen LogP contribution in [-0.2, 0) is 13.2 Å². The summed E-state index contributed by atoms with van der Waals surface area (Å²) in [6.45, 7) is 5.40. The van der Waals surface area contributed by atoms with E-state index in [1.807, 2.05) is 32.0 Å². The highest BCUT2D eigenvalue weighted by Gasteiger charge is 2.10. The first-order valence-corrected chi connectivity index (χ1v) is 9.11. The van der Waals surface area contributed by atoms with Crippen LogP contribution in [0, 0.1) is 5.82 Å². The van der Waals surface area contributed by atoms with Crippen LogP contribution in [0.3, 0.4) is 0 Å². The third-order valence-electron chi connectivity index (χ3n) is 4.01. The molecule has 0 saturated heterocycles. The third kappa shape index (κ3) is 5.87. The lowest BCUT2D eigenvalue weighted by atomic mass is 10.1. The molecule has 0 amide bonds. The van der Waals surface area contributed by atoms with Crippen molar-refractivity contribution in [2.75, 3.05) is 13.2 Å². The van der Waals surface area contributed by atoms with Gasteiger partial charge in [0.25, 0.3) is 0 Å². The van der Waals surface area contributed by atoms with Crippen LogP contribution in [0.2, 0.25) is 5.02 Å². The molecule has 0 bridgehead atoms. The second-order valence-electron chi connectivity index (χ2n) is 5.91. The Kier molecular flexibility index (Phi) is 8.16. The van der Waals surface area contributed by atoms with Gasteiger partial charge in [-0.2, -0.15) is 0 Å². The Hall–Kier alpha value is -1.82. The van der Waals surface area contributed by atoms with Crippen molar-refractivity contribution in [1.29, 1.82) is 0 Å². The van der Waals surface area contributed by atoms with Gasteiger partial charge in [0.15, 0.2) is 11.5 Å². The molecule has 0 heterocycles. The van der Waals surface area contributed by atoms with Crippen molar-refractivity contribution in [2.24, 2.45) is 0 Å². The summed E-state index contributed by atoms with van der Waals surface area (Å²) in [6.07, 6.45) is 0.856. The fraction of sp³-hybridized carbons (Fsp3) is 0.400. The summed E-state index contributed by atoms with van der Waals surface area (Å²) in [4.78, 5) is 0. The van der Waals surface area contributed by atoms with Crippen LogP contribution in [-0.4, -0.2) is 24.4 Å². The van der Waals surface area contributed by atoms with Crippen molar-refractivity contribution < 1.29 is 19.0 Å². The van der Waals surface area contributed by atoms with Gasteiger partial charge in [0.1, 0.15) is 12.4 Å². The molecule has 0 spiro atoms. The summed E-state index contributed by atoms with van der Waals surface area (Å²) in [5.41, 5.74) is 1.74. The van der Waals surface area contributed by atoms with E-state index in [0.29, 0.717) is 35.2 Å². The fourth-order valence-corrected chi connectivity index (χ4v) is 2.67. The van der Waals surface area contributed by atoms with Gasteiger partial charge in [-0.05, 0) is 43.2 Å². The zero-order valence-corrected chi connectivity index (χ0v) is 15.9. The molecule has 2 rings (SSSR count). The van der Waals surface area contributed by atoms with Crippen LogP contribution in [0.4, 0.5) is 4.39 Å². The monoisotopic (exact) mass is 381 g/mol. The van der Waals surface area contributed by atoms with Crippen LogP contribution in [0.25, 0.3) is 0 Å². The minimum absolute atomic E-state index is 0.0714. The maximum atomic E-state index is 13.1. The normalized spacial score (nSPS) is 12.0. The largest absolute Gasteiger partial charge is 0.490 e. The van der Waals surface area contributed by atoms with E-state index < -0.39 is 0 Å².